The van der Waals surface area contributed by atoms with Crippen molar-refractivity contribution in [3.8, 4) is 11.7 Å². The van der Waals surface area contributed by atoms with Crippen LogP contribution in [0.5, 0.6) is 5.88 Å². The van der Waals surface area contributed by atoms with Gasteiger partial charge in [-0.25, -0.2) is 9.78 Å². The van der Waals surface area contributed by atoms with Crippen LogP contribution >= 0.6 is 11.6 Å². The molecule has 0 radical (unpaired) electrons. The van der Waals surface area contributed by atoms with Crippen LogP contribution in [0.25, 0.3) is 5.82 Å². The van der Waals surface area contributed by atoms with Gasteiger partial charge < -0.3 is 20.3 Å². The van der Waals surface area contributed by atoms with Crippen molar-refractivity contribution in [1.29, 1.82) is 0 Å². The number of amides is 2. The third kappa shape index (κ3) is 6.71. The summed E-state index contributed by atoms with van der Waals surface area (Å²) in [6, 6.07) is 17.5. The number of nitrogens with zero attached hydrogens (tertiary/aromatic N) is 5. The first-order valence-corrected chi connectivity index (χ1v) is 13.1. The Morgan fingerprint density at radius 1 is 1.00 bits per heavy atom. The Kier molecular flexibility index (Phi) is 8.33. The lowest BCUT2D eigenvalue weighted by Crippen LogP contribution is -2.35. The molecule has 0 atom stereocenters. The maximum atomic E-state index is 12.9. The second kappa shape index (κ2) is 12.4. The van der Waals surface area contributed by atoms with Gasteiger partial charge in [-0.2, -0.15) is 4.68 Å². The van der Waals surface area contributed by atoms with E-state index >= 15 is 0 Å². The van der Waals surface area contributed by atoms with Crippen molar-refractivity contribution >= 4 is 35.1 Å². The minimum atomic E-state index is -0.612. The molecule has 200 valence electrons. The monoisotopic (exact) mass is 545 g/mol. The Morgan fingerprint density at radius 2 is 1.77 bits per heavy atom. The van der Waals surface area contributed by atoms with Crippen LogP contribution in [0.4, 0.5) is 16.3 Å². The quantitative estimate of drug-likeness (QED) is 0.321. The van der Waals surface area contributed by atoms with E-state index in [1.54, 1.807) is 48.7 Å². The zero-order valence-corrected chi connectivity index (χ0v) is 21.9. The van der Waals surface area contributed by atoms with Gasteiger partial charge in [0.25, 0.3) is 5.91 Å². The highest BCUT2D eigenvalue weighted by Gasteiger charge is 2.21. The minimum Gasteiger partial charge on any atom is -0.390 e. The average Bonchev–Trinajstić information content (AvgIpc) is 3.36. The Labute approximate surface area is 231 Å². The van der Waals surface area contributed by atoms with Crippen molar-refractivity contribution in [3.63, 3.8) is 0 Å². The molecule has 39 heavy (non-hydrogen) atoms. The van der Waals surface area contributed by atoms with E-state index in [0.29, 0.717) is 28.9 Å². The summed E-state index contributed by atoms with van der Waals surface area (Å²) in [5.74, 6) is 0.850. The number of hydrogen-bond donors (Lipinski definition) is 2. The Bertz CT molecular complexity index is 1410. The smallest absolute Gasteiger partial charge is 0.390 e. The fraction of sp³-hybridized carbons (Fsp3) is 0.250. The van der Waals surface area contributed by atoms with E-state index in [2.05, 4.69) is 30.6 Å². The summed E-state index contributed by atoms with van der Waals surface area (Å²) in [6.07, 6.45) is 7.59. The fourth-order valence-corrected chi connectivity index (χ4v) is 4.75. The normalized spacial score (nSPS) is 13.6. The summed E-state index contributed by atoms with van der Waals surface area (Å²) < 4.78 is 6.83. The van der Waals surface area contributed by atoms with Gasteiger partial charge in [0, 0.05) is 50.0 Å². The molecule has 4 aromatic rings. The van der Waals surface area contributed by atoms with Gasteiger partial charge in [0.05, 0.1) is 10.6 Å². The zero-order chi connectivity index (χ0) is 27.0. The van der Waals surface area contributed by atoms with Crippen molar-refractivity contribution < 1.29 is 14.3 Å². The first-order valence-electron chi connectivity index (χ1n) is 12.7. The molecular formula is C28H28ClN7O3. The summed E-state index contributed by atoms with van der Waals surface area (Å²) in [5.41, 5.74) is 1.50. The molecule has 0 aliphatic carbocycles. The number of nitrogens with one attached hydrogen (secondary N) is 2. The van der Waals surface area contributed by atoms with E-state index in [4.69, 9.17) is 16.3 Å². The van der Waals surface area contributed by atoms with E-state index in [0.717, 1.165) is 32.4 Å². The molecule has 11 heteroatoms. The largest absolute Gasteiger partial charge is 0.413 e. The van der Waals surface area contributed by atoms with E-state index in [9.17, 15) is 9.59 Å². The number of carbonyl (C=O) groups is 2. The van der Waals surface area contributed by atoms with E-state index in [1.165, 1.54) is 16.4 Å². The number of aromatic nitrogens is 4. The first kappa shape index (κ1) is 26.2. The summed E-state index contributed by atoms with van der Waals surface area (Å²) in [4.78, 5) is 36.1. The molecule has 5 rings (SSSR count). The van der Waals surface area contributed by atoms with E-state index < -0.39 is 12.0 Å². The molecule has 3 aromatic heterocycles. The third-order valence-electron chi connectivity index (χ3n) is 6.57. The van der Waals surface area contributed by atoms with Crippen LogP contribution in [0.2, 0.25) is 5.02 Å². The molecule has 1 aliphatic heterocycles. The van der Waals surface area contributed by atoms with Gasteiger partial charge in [0.1, 0.15) is 5.82 Å². The van der Waals surface area contributed by atoms with Crippen molar-refractivity contribution in [1.82, 2.24) is 25.1 Å². The molecule has 0 bridgehead atoms. The second-order valence-electron chi connectivity index (χ2n) is 9.14. The van der Waals surface area contributed by atoms with Crippen molar-refractivity contribution in [2.45, 2.75) is 19.3 Å². The maximum absolute atomic E-state index is 12.9. The molecule has 2 N–H and O–H groups in total. The highest BCUT2D eigenvalue weighted by Crippen LogP contribution is 2.25. The number of pyridine rings is 2. The van der Waals surface area contributed by atoms with Crippen LogP contribution in [-0.4, -0.2) is 51.4 Å². The Morgan fingerprint density at radius 3 is 2.51 bits per heavy atom. The standard InChI is InChI=1S/C28H28ClN7O3/c29-23-6-2-1-5-22(23)27(37)33-25-19-26(34-36(25)24-7-3-4-13-31-24)39-28(38)32-16-8-20-11-17-35(18-12-20)21-9-14-30-15-10-21/h1-7,9-10,13-15,19-20H,8,11-12,16-18H2,(H,32,38)(H,33,37). The lowest BCUT2D eigenvalue weighted by molar-refractivity contribution is 0.102. The molecule has 10 nitrogen and oxygen atoms in total. The van der Waals surface area contributed by atoms with Crippen molar-refractivity contribution in [2.24, 2.45) is 5.92 Å². The van der Waals surface area contributed by atoms with Gasteiger partial charge in [0.15, 0.2) is 5.82 Å². The molecule has 4 heterocycles. The number of carbonyl (C=O) groups excluding carboxylic acids is 2. The van der Waals surface area contributed by atoms with Crippen LogP contribution in [0.1, 0.15) is 29.6 Å². The molecule has 1 saturated heterocycles. The molecule has 0 unspecified atom stereocenters. The zero-order valence-electron chi connectivity index (χ0n) is 21.2. The van der Waals surface area contributed by atoms with Crippen LogP contribution in [-0.2, 0) is 0 Å². The molecule has 1 aromatic carbocycles. The average molecular weight is 546 g/mol. The van der Waals surface area contributed by atoms with Gasteiger partial charge in [-0.15, -0.1) is 5.10 Å². The maximum Gasteiger partial charge on any atom is 0.413 e. The number of piperidine rings is 1. The van der Waals surface area contributed by atoms with Gasteiger partial charge in [-0.1, -0.05) is 29.8 Å². The van der Waals surface area contributed by atoms with Crippen LogP contribution < -0.4 is 20.3 Å². The number of benzene rings is 1. The highest BCUT2D eigenvalue weighted by atomic mass is 35.5. The predicted octanol–water partition coefficient (Wildman–Crippen LogP) is 4.96. The number of hydrogen-bond acceptors (Lipinski definition) is 7. The van der Waals surface area contributed by atoms with Crippen LogP contribution in [0.15, 0.2) is 79.3 Å². The van der Waals surface area contributed by atoms with Crippen molar-refractivity contribution in [2.75, 3.05) is 29.9 Å². The fourth-order valence-electron chi connectivity index (χ4n) is 4.53. The van der Waals surface area contributed by atoms with Crippen LogP contribution in [0, 0.1) is 5.92 Å². The Balaban J connectivity index is 1.17. The highest BCUT2D eigenvalue weighted by molar-refractivity contribution is 6.34. The minimum absolute atomic E-state index is 0.0262. The second-order valence-corrected chi connectivity index (χ2v) is 9.55. The van der Waals surface area contributed by atoms with Gasteiger partial charge in [-0.05, 0) is 61.6 Å². The molecule has 1 fully saturated rings. The summed E-state index contributed by atoms with van der Waals surface area (Å²) in [5, 5.41) is 10.2. The van der Waals surface area contributed by atoms with E-state index in [1.807, 2.05) is 24.5 Å². The molecule has 2 amide bonds. The molecule has 0 spiro atoms. The van der Waals surface area contributed by atoms with Gasteiger partial charge >= 0.3 is 6.09 Å². The van der Waals surface area contributed by atoms with Crippen LogP contribution in [0.3, 0.4) is 0 Å². The summed E-state index contributed by atoms with van der Waals surface area (Å²) in [6.45, 7) is 2.45. The lowest BCUT2D eigenvalue weighted by Gasteiger charge is -2.33. The number of halogens is 1. The first-order chi connectivity index (χ1) is 19.1. The SMILES string of the molecule is O=C(NCCC1CCN(c2ccncc2)CC1)Oc1cc(NC(=O)c2ccccc2Cl)n(-c2ccccn2)n1. The number of ether oxygens (including phenoxy) is 1. The van der Waals surface area contributed by atoms with E-state index in [-0.39, 0.29) is 11.7 Å². The lowest BCUT2D eigenvalue weighted by atomic mass is 9.93. The number of anilines is 2. The molecule has 1 aliphatic rings. The Hall–Kier alpha value is -4.44. The molecule has 0 saturated carbocycles. The topological polar surface area (TPSA) is 114 Å². The summed E-state index contributed by atoms with van der Waals surface area (Å²) >= 11 is 6.18. The molecular weight excluding hydrogens is 518 g/mol. The van der Waals surface area contributed by atoms with Crippen molar-refractivity contribution in [3.05, 3.63) is 89.8 Å². The summed E-state index contributed by atoms with van der Waals surface area (Å²) in [7, 11) is 0. The van der Waals surface area contributed by atoms with Gasteiger partial charge in [-0.3, -0.25) is 9.78 Å². The van der Waals surface area contributed by atoms with Gasteiger partial charge in [0.2, 0.25) is 5.88 Å². The number of rotatable bonds is 8. The third-order valence-corrected chi connectivity index (χ3v) is 6.90. The predicted molar refractivity (Wildman–Crippen MR) is 149 cm³/mol.